The van der Waals surface area contributed by atoms with Crippen LogP contribution in [0, 0.1) is 0 Å². The zero-order valence-corrected chi connectivity index (χ0v) is 12.8. The SMILES string of the molecule is Cl.Oc1cccc(C2=CC=CC2)c1C1=CC=CC1.[Ti]. The van der Waals surface area contributed by atoms with Crippen molar-refractivity contribution in [1.29, 1.82) is 0 Å². The van der Waals surface area contributed by atoms with Crippen molar-refractivity contribution in [3.63, 3.8) is 0 Å². The van der Waals surface area contributed by atoms with E-state index in [1.165, 1.54) is 11.1 Å². The fourth-order valence-corrected chi connectivity index (χ4v) is 2.42. The summed E-state index contributed by atoms with van der Waals surface area (Å²) in [6.45, 7) is 0. The van der Waals surface area contributed by atoms with Gasteiger partial charge in [0.1, 0.15) is 5.75 Å². The number of hydrogen-bond acceptors (Lipinski definition) is 1. The first-order chi connectivity index (χ1) is 8.36. The van der Waals surface area contributed by atoms with Gasteiger partial charge >= 0.3 is 0 Å². The molecule has 3 heteroatoms. The molecule has 2 aliphatic carbocycles. The van der Waals surface area contributed by atoms with Crippen molar-refractivity contribution in [2.75, 3.05) is 0 Å². The van der Waals surface area contributed by atoms with Gasteiger partial charge in [-0.3, -0.25) is 0 Å². The average molecular weight is 307 g/mol. The van der Waals surface area contributed by atoms with Crippen LogP contribution in [0.25, 0.3) is 11.1 Å². The standard InChI is InChI=1S/C16H14O.ClH.Ti/c17-15-11-5-10-14(12-6-1-2-7-12)16(15)13-8-3-4-9-13;;/h1-6,8,10-11,17H,7,9H2;1H;. The zero-order chi connectivity index (χ0) is 11.7. The summed E-state index contributed by atoms with van der Waals surface area (Å²) in [5.74, 6) is 0.380. The molecule has 0 aromatic heterocycles. The number of halogens is 1. The number of phenolic OH excluding ortho intramolecular Hbond substituents is 1. The number of rotatable bonds is 2. The number of phenols is 1. The van der Waals surface area contributed by atoms with Gasteiger partial charge in [0.15, 0.2) is 0 Å². The summed E-state index contributed by atoms with van der Waals surface area (Å²) in [4.78, 5) is 0. The van der Waals surface area contributed by atoms with Crippen LogP contribution >= 0.6 is 12.4 Å². The summed E-state index contributed by atoms with van der Waals surface area (Å²) in [7, 11) is 0. The van der Waals surface area contributed by atoms with E-state index in [0.717, 1.165) is 24.0 Å². The number of hydrogen-bond donors (Lipinski definition) is 1. The van der Waals surface area contributed by atoms with Crippen LogP contribution in [0.3, 0.4) is 0 Å². The van der Waals surface area contributed by atoms with Gasteiger partial charge in [-0.05, 0) is 35.6 Å². The molecule has 1 aromatic rings. The van der Waals surface area contributed by atoms with Crippen LogP contribution < -0.4 is 0 Å². The largest absolute Gasteiger partial charge is 0.507 e. The van der Waals surface area contributed by atoms with Gasteiger partial charge in [-0.2, -0.15) is 0 Å². The maximum Gasteiger partial charge on any atom is 0.123 e. The topological polar surface area (TPSA) is 20.2 Å². The Balaban J connectivity index is 0.000000902. The molecular formula is C16H15ClOTi. The Morgan fingerprint density at radius 3 is 2.11 bits per heavy atom. The second-order valence-corrected chi connectivity index (χ2v) is 4.35. The molecule has 0 saturated heterocycles. The van der Waals surface area contributed by atoms with Crippen LogP contribution in [0.4, 0.5) is 0 Å². The molecule has 1 nitrogen and oxygen atoms in total. The van der Waals surface area contributed by atoms with Crippen LogP contribution in [-0.4, -0.2) is 5.11 Å². The summed E-state index contributed by atoms with van der Waals surface area (Å²) in [5, 5.41) is 10.1. The van der Waals surface area contributed by atoms with Crippen LogP contribution in [-0.2, 0) is 21.7 Å². The monoisotopic (exact) mass is 306 g/mol. The first-order valence-corrected chi connectivity index (χ1v) is 5.90. The fourth-order valence-electron chi connectivity index (χ4n) is 2.42. The summed E-state index contributed by atoms with van der Waals surface area (Å²) in [6.07, 6.45) is 14.5. The van der Waals surface area contributed by atoms with Crippen molar-refractivity contribution >= 4 is 23.6 Å². The molecule has 0 saturated carbocycles. The molecule has 0 aliphatic heterocycles. The molecule has 0 spiro atoms. The maximum absolute atomic E-state index is 10.1. The van der Waals surface area contributed by atoms with Gasteiger partial charge in [0, 0.05) is 27.3 Å². The molecule has 19 heavy (non-hydrogen) atoms. The van der Waals surface area contributed by atoms with Gasteiger partial charge in [-0.25, -0.2) is 0 Å². The van der Waals surface area contributed by atoms with Crippen molar-refractivity contribution in [3.05, 3.63) is 65.8 Å². The number of aromatic hydroxyl groups is 1. The van der Waals surface area contributed by atoms with E-state index in [9.17, 15) is 5.11 Å². The normalized spacial score (nSPS) is 15.6. The zero-order valence-electron chi connectivity index (χ0n) is 10.5. The Bertz CT molecular complexity index is 582. The molecule has 0 bridgehead atoms. The predicted molar refractivity (Wildman–Crippen MR) is 78.8 cm³/mol. The van der Waals surface area contributed by atoms with Crippen LogP contribution in [0.2, 0.25) is 0 Å². The van der Waals surface area contributed by atoms with Crippen molar-refractivity contribution in [3.8, 4) is 5.75 Å². The smallest absolute Gasteiger partial charge is 0.123 e. The van der Waals surface area contributed by atoms with E-state index in [2.05, 4.69) is 36.4 Å². The summed E-state index contributed by atoms with van der Waals surface area (Å²) < 4.78 is 0. The molecule has 0 fully saturated rings. The van der Waals surface area contributed by atoms with Gasteiger partial charge in [-0.15, -0.1) is 12.4 Å². The van der Waals surface area contributed by atoms with Gasteiger partial charge in [0.05, 0.1) is 0 Å². The van der Waals surface area contributed by atoms with Crippen LogP contribution in [0.1, 0.15) is 24.0 Å². The van der Waals surface area contributed by atoms with E-state index in [1.54, 1.807) is 6.07 Å². The summed E-state index contributed by atoms with van der Waals surface area (Å²) in [6, 6.07) is 5.77. The molecule has 0 heterocycles. The van der Waals surface area contributed by atoms with E-state index in [4.69, 9.17) is 0 Å². The van der Waals surface area contributed by atoms with Crippen molar-refractivity contribution < 1.29 is 26.8 Å². The van der Waals surface area contributed by atoms with Crippen LogP contribution in [0.5, 0.6) is 5.75 Å². The predicted octanol–water partition coefficient (Wildman–Crippen LogP) is 4.50. The molecule has 0 atom stereocenters. The third kappa shape index (κ3) is 3.12. The minimum Gasteiger partial charge on any atom is -0.507 e. The first-order valence-electron chi connectivity index (χ1n) is 5.90. The first kappa shape index (κ1) is 16.0. The van der Waals surface area contributed by atoms with Gasteiger partial charge < -0.3 is 5.11 Å². The quantitative estimate of drug-likeness (QED) is 0.798. The third-order valence-electron chi connectivity index (χ3n) is 3.25. The van der Waals surface area contributed by atoms with E-state index in [0.29, 0.717) is 5.75 Å². The summed E-state index contributed by atoms with van der Waals surface area (Å²) in [5.41, 5.74) is 4.63. The second kappa shape index (κ2) is 6.95. The van der Waals surface area contributed by atoms with E-state index < -0.39 is 0 Å². The Morgan fingerprint density at radius 2 is 1.53 bits per heavy atom. The van der Waals surface area contributed by atoms with E-state index in [-0.39, 0.29) is 34.1 Å². The Morgan fingerprint density at radius 1 is 0.895 bits per heavy atom. The van der Waals surface area contributed by atoms with Crippen molar-refractivity contribution in [1.82, 2.24) is 0 Å². The second-order valence-electron chi connectivity index (χ2n) is 4.35. The maximum atomic E-state index is 10.1. The number of benzene rings is 1. The average Bonchev–Trinajstić information content (AvgIpc) is 3.02. The fraction of sp³-hybridized carbons (Fsp3) is 0.125. The van der Waals surface area contributed by atoms with Crippen molar-refractivity contribution in [2.24, 2.45) is 0 Å². The molecule has 1 aromatic carbocycles. The van der Waals surface area contributed by atoms with E-state index in [1.807, 2.05) is 12.1 Å². The van der Waals surface area contributed by atoms with Crippen LogP contribution in [0.15, 0.2) is 54.7 Å². The molecular weight excluding hydrogens is 291 g/mol. The molecule has 2 aliphatic rings. The molecule has 0 radical (unpaired) electrons. The number of allylic oxidation sites excluding steroid dienone is 8. The summed E-state index contributed by atoms with van der Waals surface area (Å²) >= 11 is 0. The van der Waals surface area contributed by atoms with E-state index >= 15 is 0 Å². The van der Waals surface area contributed by atoms with Crippen molar-refractivity contribution in [2.45, 2.75) is 12.8 Å². The molecule has 1 N–H and O–H groups in total. The molecule has 96 valence electrons. The Kier molecular flexibility index (Phi) is 5.87. The Labute approximate surface area is 134 Å². The molecule has 3 rings (SSSR count). The Hall–Kier alpha value is -1.02. The minimum atomic E-state index is 0. The van der Waals surface area contributed by atoms with Gasteiger partial charge in [0.2, 0.25) is 0 Å². The molecule has 0 amide bonds. The molecule has 0 unspecified atom stereocenters. The minimum absolute atomic E-state index is 0. The van der Waals surface area contributed by atoms with Gasteiger partial charge in [0.25, 0.3) is 0 Å². The van der Waals surface area contributed by atoms with Gasteiger partial charge in [-0.1, -0.05) is 48.6 Å². The third-order valence-corrected chi connectivity index (χ3v) is 3.25.